The van der Waals surface area contributed by atoms with Crippen LogP contribution in [-0.2, 0) is 4.74 Å². The number of carbonyl (C=O) groups excluding carboxylic acids is 1. The molecule has 110 valence electrons. The molecular formula is C15H21ClN2O2. The van der Waals surface area contributed by atoms with E-state index < -0.39 is 0 Å². The van der Waals surface area contributed by atoms with Gasteiger partial charge < -0.3 is 15.0 Å². The van der Waals surface area contributed by atoms with Crippen LogP contribution >= 0.6 is 11.6 Å². The van der Waals surface area contributed by atoms with Crippen LogP contribution in [0.25, 0.3) is 0 Å². The zero-order chi connectivity index (χ0) is 14.5. The van der Waals surface area contributed by atoms with Crippen LogP contribution in [-0.4, -0.2) is 37.2 Å². The van der Waals surface area contributed by atoms with Crippen molar-refractivity contribution in [1.29, 1.82) is 0 Å². The van der Waals surface area contributed by atoms with Gasteiger partial charge in [0.25, 0.3) is 0 Å². The summed E-state index contributed by atoms with van der Waals surface area (Å²) in [6.45, 7) is 3.28. The number of rotatable bonds is 3. The number of halogens is 1. The number of ether oxygens (including phenoxy) is 1. The molecular weight excluding hydrogens is 276 g/mol. The third-order valence-corrected chi connectivity index (χ3v) is 4.02. The maximum absolute atomic E-state index is 12.5. The van der Waals surface area contributed by atoms with Gasteiger partial charge in [0.1, 0.15) is 0 Å². The number of likely N-dealkylation sites (tertiary alicyclic amines) is 1. The lowest BCUT2D eigenvalue weighted by atomic mass is 10.0. The van der Waals surface area contributed by atoms with Crippen molar-refractivity contribution in [2.24, 2.45) is 0 Å². The second-order valence-electron chi connectivity index (χ2n) is 5.16. The predicted octanol–water partition coefficient (Wildman–Crippen LogP) is 3.68. The van der Waals surface area contributed by atoms with Crippen LogP contribution in [0.2, 0.25) is 5.02 Å². The number of aryl methyl sites for hydroxylation is 1. The van der Waals surface area contributed by atoms with Crippen LogP contribution in [0.3, 0.4) is 0 Å². The fourth-order valence-electron chi connectivity index (χ4n) is 2.60. The number of benzene rings is 1. The Morgan fingerprint density at radius 1 is 1.50 bits per heavy atom. The summed E-state index contributed by atoms with van der Waals surface area (Å²) in [6.07, 6.45) is 3.17. The van der Waals surface area contributed by atoms with Crippen LogP contribution < -0.4 is 5.32 Å². The van der Waals surface area contributed by atoms with Gasteiger partial charge in [-0.25, -0.2) is 4.79 Å². The Kier molecular flexibility index (Phi) is 5.26. The van der Waals surface area contributed by atoms with E-state index in [1.54, 1.807) is 13.2 Å². The maximum Gasteiger partial charge on any atom is 0.322 e. The van der Waals surface area contributed by atoms with Crippen molar-refractivity contribution >= 4 is 23.3 Å². The molecule has 1 aromatic carbocycles. The summed E-state index contributed by atoms with van der Waals surface area (Å²) in [5.41, 5.74) is 1.66. The van der Waals surface area contributed by atoms with E-state index in [4.69, 9.17) is 16.3 Å². The molecule has 1 aliphatic rings. The first-order valence-electron chi connectivity index (χ1n) is 6.95. The van der Waals surface area contributed by atoms with Gasteiger partial charge in [0.15, 0.2) is 0 Å². The lowest BCUT2D eigenvalue weighted by Gasteiger charge is -2.35. The minimum absolute atomic E-state index is 0.0945. The fraction of sp³-hybridized carbons (Fsp3) is 0.533. The van der Waals surface area contributed by atoms with Crippen LogP contribution in [0.1, 0.15) is 24.8 Å². The van der Waals surface area contributed by atoms with E-state index in [9.17, 15) is 4.79 Å². The molecule has 1 atom stereocenters. The van der Waals surface area contributed by atoms with Crippen LogP contribution in [0.4, 0.5) is 10.5 Å². The van der Waals surface area contributed by atoms with Gasteiger partial charge in [-0.05, 0) is 37.8 Å². The Morgan fingerprint density at radius 3 is 3.00 bits per heavy atom. The maximum atomic E-state index is 12.5. The first-order chi connectivity index (χ1) is 9.63. The average Bonchev–Trinajstić information content (AvgIpc) is 2.44. The highest BCUT2D eigenvalue weighted by Crippen LogP contribution is 2.26. The number of hydrogen-bond donors (Lipinski definition) is 1. The molecule has 1 heterocycles. The highest BCUT2D eigenvalue weighted by Gasteiger charge is 2.27. The molecule has 0 aromatic heterocycles. The van der Waals surface area contributed by atoms with Crippen molar-refractivity contribution in [2.75, 3.05) is 25.6 Å². The van der Waals surface area contributed by atoms with Crippen molar-refractivity contribution < 1.29 is 9.53 Å². The Bertz CT molecular complexity index is 457. The number of amides is 2. The molecule has 2 amide bonds. The summed E-state index contributed by atoms with van der Waals surface area (Å²) < 4.78 is 5.21. The minimum atomic E-state index is -0.0945. The number of para-hydroxylation sites is 1. The molecule has 20 heavy (non-hydrogen) atoms. The Morgan fingerprint density at radius 2 is 2.30 bits per heavy atom. The molecule has 1 saturated heterocycles. The van der Waals surface area contributed by atoms with E-state index in [2.05, 4.69) is 5.32 Å². The molecule has 0 bridgehead atoms. The molecule has 0 saturated carbocycles. The van der Waals surface area contributed by atoms with E-state index in [0.29, 0.717) is 17.3 Å². The van der Waals surface area contributed by atoms with Gasteiger partial charge >= 0.3 is 6.03 Å². The lowest BCUT2D eigenvalue weighted by molar-refractivity contribution is 0.0878. The average molecular weight is 297 g/mol. The molecule has 0 aliphatic carbocycles. The van der Waals surface area contributed by atoms with Crippen molar-refractivity contribution in [3.05, 3.63) is 28.8 Å². The molecule has 2 rings (SSSR count). The summed E-state index contributed by atoms with van der Waals surface area (Å²) >= 11 is 6.15. The Balaban J connectivity index is 2.10. The molecule has 0 unspecified atom stereocenters. The summed E-state index contributed by atoms with van der Waals surface area (Å²) in [7, 11) is 1.67. The zero-order valence-electron chi connectivity index (χ0n) is 12.0. The third kappa shape index (κ3) is 3.44. The first-order valence-corrected chi connectivity index (χ1v) is 7.33. The quantitative estimate of drug-likeness (QED) is 0.924. The zero-order valence-corrected chi connectivity index (χ0v) is 12.7. The van der Waals surface area contributed by atoms with Crippen molar-refractivity contribution in [3.63, 3.8) is 0 Å². The minimum Gasteiger partial charge on any atom is -0.383 e. The second-order valence-corrected chi connectivity index (χ2v) is 5.57. The van der Waals surface area contributed by atoms with Gasteiger partial charge in [0.2, 0.25) is 0 Å². The van der Waals surface area contributed by atoms with Crippen molar-refractivity contribution in [3.8, 4) is 0 Å². The summed E-state index contributed by atoms with van der Waals surface area (Å²) in [6, 6.07) is 5.65. The molecule has 1 aromatic rings. The van der Waals surface area contributed by atoms with E-state index in [0.717, 1.165) is 31.4 Å². The number of piperidine rings is 1. The van der Waals surface area contributed by atoms with E-state index in [1.807, 2.05) is 24.0 Å². The topological polar surface area (TPSA) is 41.6 Å². The number of carbonyl (C=O) groups is 1. The smallest absolute Gasteiger partial charge is 0.322 e. The van der Waals surface area contributed by atoms with E-state index in [-0.39, 0.29) is 12.1 Å². The number of hydrogen-bond acceptors (Lipinski definition) is 2. The summed E-state index contributed by atoms with van der Waals surface area (Å²) in [5, 5.41) is 3.50. The van der Waals surface area contributed by atoms with Crippen molar-refractivity contribution in [1.82, 2.24) is 4.90 Å². The molecule has 0 spiro atoms. The highest BCUT2D eigenvalue weighted by atomic mass is 35.5. The first kappa shape index (κ1) is 15.1. The number of nitrogens with one attached hydrogen (secondary N) is 1. The predicted molar refractivity (Wildman–Crippen MR) is 81.4 cm³/mol. The van der Waals surface area contributed by atoms with Gasteiger partial charge in [-0.1, -0.05) is 23.7 Å². The number of anilines is 1. The van der Waals surface area contributed by atoms with Gasteiger partial charge in [0.05, 0.1) is 23.4 Å². The van der Waals surface area contributed by atoms with Gasteiger partial charge in [-0.2, -0.15) is 0 Å². The number of nitrogens with zero attached hydrogens (tertiary/aromatic N) is 1. The highest BCUT2D eigenvalue weighted by molar-refractivity contribution is 6.33. The summed E-state index contributed by atoms with van der Waals surface area (Å²) in [5.74, 6) is 0. The molecule has 1 aliphatic heterocycles. The third-order valence-electron chi connectivity index (χ3n) is 3.70. The monoisotopic (exact) mass is 296 g/mol. The van der Waals surface area contributed by atoms with Gasteiger partial charge in [-0.15, -0.1) is 0 Å². The standard InChI is InChI=1S/C15H21ClN2O2/c1-11-6-5-8-13(16)14(11)17-15(19)18-9-4-3-7-12(18)10-20-2/h5-6,8,12H,3-4,7,9-10H2,1-2H3,(H,17,19)/t12-/m1/s1. The number of urea groups is 1. The molecule has 1 N–H and O–H groups in total. The largest absolute Gasteiger partial charge is 0.383 e. The molecule has 4 nitrogen and oxygen atoms in total. The molecule has 5 heteroatoms. The molecule has 1 fully saturated rings. The lowest BCUT2D eigenvalue weighted by Crippen LogP contribution is -2.48. The van der Waals surface area contributed by atoms with Crippen LogP contribution in [0.5, 0.6) is 0 Å². The van der Waals surface area contributed by atoms with Crippen molar-refractivity contribution in [2.45, 2.75) is 32.2 Å². The Hall–Kier alpha value is -1.26. The fourth-order valence-corrected chi connectivity index (χ4v) is 2.87. The second kappa shape index (κ2) is 6.95. The van der Waals surface area contributed by atoms with Crippen LogP contribution in [0.15, 0.2) is 18.2 Å². The van der Waals surface area contributed by atoms with E-state index >= 15 is 0 Å². The number of methoxy groups -OCH3 is 1. The SMILES string of the molecule is COC[C@H]1CCCCN1C(=O)Nc1c(C)cccc1Cl. The normalized spacial score (nSPS) is 18.9. The van der Waals surface area contributed by atoms with Gasteiger partial charge in [-0.3, -0.25) is 0 Å². The summed E-state index contributed by atoms with van der Waals surface area (Å²) in [4.78, 5) is 14.3. The van der Waals surface area contributed by atoms with Gasteiger partial charge in [0, 0.05) is 13.7 Å². The Labute approximate surface area is 125 Å². The van der Waals surface area contributed by atoms with E-state index in [1.165, 1.54) is 0 Å². The molecule has 0 radical (unpaired) electrons. The van der Waals surface area contributed by atoms with Crippen LogP contribution in [0, 0.1) is 6.92 Å².